The second-order valence-corrected chi connectivity index (χ2v) is 5.17. The van der Waals surface area contributed by atoms with Crippen molar-refractivity contribution in [2.45, 2.75) is 32.4 Å². The highest BCUT2D eigenvalue weighted by Gasteiger charge is 2.29. The summed E-state index contributed by atoms with van der Waals surface area (Å²) in [7, 11) is 3.99. The molecule has 108 valence electrons. The number of hydrogen-bond donors (Lipinski definition) is 2. The third kappa shape index (κ3) is 4.33. The van der Waals surface area contributed by atoms with E-state index in [0.29, 0.717) is 6.42 Å². The Bertz CT molecular complexity index is 417. The number of hydrogen-bond acceptors (Lipinski definition) is 4. The number of aromatic nitrogens is 2. The second kappa shape index (κ2) is 6.68. The number of nitrogens with zero attached hydrogens (tertiary/aromatic N) is 3. The molecule has 0 saturated heterocycles. The quantitative estimate of drug-likeness (QED) is 0.700. The smallest absolute Gasteiger partial charge is 0.237 e. The summed E-state index contributed by atoms with van der Waals surface area (Å²) >= 11 is 0. The van der Waals surface area contributed by atoms with E-state index in [1.54, 1.807) is 6.20 Å². The zero-order chi connectivity index (χ0) is 14.5. The normalized spacial score (nSPS) is 14.6. The van der Waals surface area contributed by atoms with Gasteiger partial charge in [0.1, 0.15) is 5.82 Å². The number of aryl methyl sites for hydroxylation is 1. The minimum absolute atomic E-state index is 0.306. The number of carbonyl (C=O) groups is 1. The Morgan fingerprint density at radius 2 is 2.32 bits per heavy atom. The monoisotopic (exact) mass is 267 g/mol. The molecule has 0 fully saturated rings. The predicted octanol–water partition coefficient (Wildman–Crippen LogP) is 0.0955. The first-order valence-corrected chi connectivity index (χ1v) is 6.58. The van der Waals surface area contributed by atoms with E-state index in [1.807, 2.05) is 38.7 Å². The summed E-state index contributed by atoms with van der Waals surface area (Å²) in [6.45, 7) is 6.08. The molecule has 3 N–H and O–H groups in total. The fourth-order valence-corrected chi connectivity index (χ4v) is 1.97. The summed E-state index contributed by atoms with van der Waals surface area (Å²) in [5, 5.41) is 3.16. The van der Waals surface area contributed by atoms with Crippen LogP contribution in [0.5, 0.6) is 0 Å². The van der Waals surface area contributed by atoms with E-state index in [0.717, 1.165) is 25.5 Å². The first-order chi connectivity index (χ1) is 8.89. The van der Waals surface area contributed by atoms with Crippen molar-refractivity contribution in [1.82, 2.24) is 19.8 Å². The largest absolute Gasteiger partial charge is 0.368 e. The van der Waals surface area contributed by atoms with Crippen LogP contribution in [0.2, 0.25) is 0 Å². The van der Waals surface area contributed by atoms with E-state index in [-0.39, 0.29) is 5.91 Å². The van der Waals surface area contributed by atoms with Crippen LogP contribution in [0.4, 0.5) is 0 Å². The number of amides is 1. The van der Waals surface area contributed by atoms with Crippen LogP contribution < -0.4 is 11.1 Å². The number of nitrogens with two attached hydrogens (primary N) is 1. The molecule has 1 aromatic heterocycles. The Labute approximate surface area is 115 Å². The molecule has 6 heteroatoms. The maximum Gasteiger partial charge on any atom is 0.237 e. The van der Waals surface area contributed by atoms with Gasteiger partial charge in [-0.05, 0) is 26.9 Å². The van der Waals surface area contributed by atoms with Crippen molar-refractivity contribution in [1.29, 1.82) is 0 Å². The van der Waals surface area contributed by atoms with Crippen LogP contribution in [0, 0.1) is 0 Å². The summed E-state index contributed by atoms with van der Waals surface area (Å²) in [4.78, 5) is 17.9. The highest BCUT2D eigenvalue weighted by Crippen LogP contribution is 2.10. The SMILES string of the molecule is CCNC(C)(CCN(C)Cc1nccn1C)C(N)=O. The molecule has 0 saturated carbocycles. The second-order valence-electron chi connectivity index (χ2n) is 5.17. The number of imidazole rings is 1. The van der Waals surface area contributed by atoms with E-state index in [4.69, 9.17) is 5.73 Å². The topological polar surface area (TPSA) is 76.2 Å². The van der Waals surface area contributed by atoms with Gasteiger partial charge in [-0.15, -0.1) is 0 Å². The van der Waals surface area contributed by atoms with Crippen LogP contribution in [-0.4, -0.2) is 46.0 Å². The third-order valence-corrected chi connectivity index (χ3v) is 3.44. The van der Waals surface area contributed by atoms with Crippen LogP contribution in [-0.2, 0) is 18.4 Å². The van der Waals surface area contributed by atoms with Gasteiger partial charge in [0.15, 0.2) is 0 Å². The molecule has 1 amide bonds. The van der Waals surface area contributed by atoms with Crippen LogP contribution in [0.15, 0.2) is 12.4 Å². The Morgan fingerprint density at radius 1 is 1.63 bits per heavy atom. The number of carbonyl (C=O) groups excluding carboxylic acids is 1. The lowest BCUT2D eigenvalue weighted by atomic mass is 9.96. The van der Waals surface area contributed by atoms with Crippen molar-refractivity contribution in [3.05, 3.63) is 18.2 Å². The minimum atomic E-state index is -0.648. The molecule has 0 aromatic carbocycles. The van der Waals surface area contributed by atoms with E-state index < -0.39 is 5.54 Å². The maximum atomic E-state index is 11.5. The molecule has 0 radical (unpaired) electrons. The van der Waals surface area contributed by atoms with Gasteiger partial charge in [-0.3, -0.25) is 9.69 Å². The van der Waals surface area contributed by atoms with Crippen molar-refractivity contribution in [3.63, 3.8) is 0 Å². The van der Waals surface area contributed by atoms with Gasteiger partial charge >= 0.3 is 0 Å². The number of nitrogens with one attached hydrogen (secondary N) is 1. The van der Waals surface area contributed by atoms with Crippen LogP contribution in [0.25, 0.3) is 0 Å². The van der Waals surface area contributed by atoms with Crippen LogP contribution >= 0.6 is 0 Å². The van der Waals surface area contributed by atoms with Crippen LogP contribution in [0.3, 0.4) is 0 Å². The maximum absolute atomic E-state index is 11.5. The van der Waals surface area contributed by atoms with Gasteiger partial charge < -0.3 is 15.6 Å². The van der Waals surface area contributed by atoms with E-state index in [9.17, 15) is 4.79 Å². The fourth-order valence-electron chi connectivity index (χ4n) is 1.97. The lowest BCUT2D eigenvalue weighted by molar-refractivity contribution is -0.124. The molecule has 19 heavy (non-hydrogen) atoms. The van der Waals surface area contributed by atoms with Gasteiger partial charge in [-0.2, -0.15) is 0 Å². The molecule has 1 rings (SSSR count). The molecular weight excluding hydrogens is 242 g/mol. The lowest BCUT2D eigenvalue weighted by Gasteiger charge is -2.29. The summed E-state index contributed by atoms with van der Waals surface area (Å²) in [6, 6.07) is 0. The summed E-state index contributed by atoms with van der Waals surface area (Å²) in [5.41, 5.74) is 4.82. The van der Waals surface area contributed by atoms with Gasteiger partial charge in [-0.25, -0.2) is 4.98 Å². The zero-order valence-corrected chi connectivity index (χ0v) is 12.3. The van der Waals surface area contributed by atoms with E-state index in [2.05, 4.69) is 15.2 Å². The lowest BCUT2D eigenvalue weighted by Crippen LogP contribution is -2.54. The fraction of sp³-hybridized carbons (Fsp3) is 0.692. The Kier molecular flexibility index (Phi) is 5.50. The Hall–Kier alpha value is -1.40. The van der Waals surface area contributed by atoms with Crippen molar-refractivity contribution in [3.8, 4) is 0 Å². The highest BCUT2D eigenvalue weighted by atomic mass is 16.1. The first kappa shape index (κ1) is 15.7. The molecule has 0 aliphatic carbocycles. The van der Waals surface area contributed by atoms with Gasteiger partial charge in [0.2, 0.25) is 5.91 Å². The summed E-state index contributed by atoms with van der Waals surface area (Å²) < 4.78 is 1.99. The molecule has 0 spiro atoms. The Morgan fingerprint density at radius 3 is 2.79 bits per heavy atom. The first-order valence-electron chi connectivity index (χ1n) is 6.58. The van der Waals surface area contributed by atoms with E-state index in [1.165, 1.54) is 0 Å². The van der Waals surface area contributed by atoms with Crippen molar-refractivity contribution >= 4 is 5.91 Å². The standard InChI is InChI=1S/C13H25N5O/c1-5-16-13(2,12(14)19)6-8-17(3)10-11-15-7-9-18(11)4/h7,9,16H,5-6,8,10H2,1-4H3,(H2,14,19). The molecule has 1 aromatic rings. The number of likely N-dealkylation sites (N-methyl/N-ethyl adjacent to an activating group) is 1. The van der Waals surface area contributed by atoms with Gasteiger partial charge in [-0.1, -0.05) is 6.92 Å². The molecule has 6 nitrogen and oxygen atoms in total. The third-order valence-electron chi connectivity index (χ3n) is 3.44. The van der Waals surface area contributed by atoms with Crippen LogP contribution in [0.1, 0.15) is 26.1 Å². The van der Waals surface area contributed by atoms with Crippen molar-refractivity contribution in [2.24, 2.45) is 12.8 Å². The number of rotatable bonds is 8. The molecule has 1 heterocycles. The predicted molar refractivity (Wildman–Crippen MR) is 75.4 cm³/mol. The average Bonchev–Trinajstić information content (AvgIpc) is 2.73. The minimum Gasteiger partial charge on any atom is -0.368 e. The Balaban J connectivity index is 2.50. The van der Waals surface area contributed by atoms with Gasteiger partial charge in [0.05, 0.1) is 12.1 Å². The van der Waals surface area contributed by atoms with Gasteiger partial charge in [0.25, 0.3) is 0 Å². The van der Waals surface area contributed by atoms with Gasteiger partial charge in [0, 0.05) is 26.0 Å². The van der Waals surface area contributed by atoms with Crippen molar-refractivity contribution < 1.29 is 4.79 Å². The molecule has 0 aliphatic heterocycles. The molecule has 1 unspecified atom stereocenters. The molecule has 1 atom stereocenters. The van der Waals surface area contributed by atoms with E-state index >= 15 is 0 Å². The number of primary amides is 1. The van der Waals surface area contributed by atoms with Crippen molar-refractivity contribution in [2.75, 3.05) is 20.1 Å². The highest BCUT2D eigenvalue weighted by molar-refractivity contribution is 5.84. The summed E-state index contributed by atoms with van der Waals surface area (Å²) in [5.74, 6) is 0.700. The average molecular weight is 267 g/mol. The molecular formula is C13H25N5O. The zero-order valence-electron chi connectivity index (χ0n) is 12.3. The summed E-state index contributed by atoms with van der Waals surface area (Å²) in [6.07, 6.45) is 4.39. The molecule has 0 aliphatic rings. The molecule has 0 bridgehead atoms.